The van der Waals surface area contributed by atoms with Crippen molar-refractivity contribution in [3.63, 3.8) is 0 Å². The molecule has 1 rings (SSSR count). The van der Waals surface area contributed by atoms with Gasteiger partial charge >= 0.3 is 5.97 Å². The highest BCUT2D eigenvalue weighted by Gasteiger charge is 2.21. The molecule has 1 fully saturated rings. The summed E-state index contributed by atoms with van der Waals surface area (Å²) >= 11 is 0. The Morgan fingerprint density at radius 2 is 2.50 bits per heavy atom. The number of nitrogens with zero attached hydrogens (tertiary/aromatic N) is 3. The topological polar surface area (TPSA) is 84.3 Å². The molecule has 1 aliphatic heterocycles. The average molecular weight is 199 g/mol. The second kappa shape index (κ2) is 5.47. The van der Waals surface area contributed by atoms with Gasteiger partial charge in [0.25, 0.3) is 0 Å². The van der Waals surface area contributed by atoms with Crippen LogP contribution in [0.5, 0.6) is 0 Å². The van der Waals surface area contributed by atoms with E-state index in [2.05, 4.69) is 10.0 Å². The van der Waals surface area contributed by atoms with Gasteiger partial charge in [-0.1, -0.05) is 5.11 Å². The van der Waals surface area contributed by atoms with Crippen molar-refractivity contribution in [3.05, 3.63) is 10.4 Å². The number of azide groups is 1. The van der Waals surface area contributed by atoms with E-state index in [1.165, 1.54) is 6.92 Å². The van der Waals surface area contributed by atoms with E-state index in [1.807, 2.05) is 0 Å². The third-order valence-corrected chi connectivity index (χ3v) is 1.98. The Balaban J connectivity index is 2.32. The molecule has 1 heterocycles. The van der Waals surface area contributed by atoms with Gasteiger partial charge in [0.1, 0.15) is 12.8 Å². The Hall–Kier alpha value is -1.26. The first-order valence-electron chi connectivity index (χ1n) is 4.55. The number of rotatable bonds is 3. The molecule has 0 saturated carbocycles. The number of carbonyl (C=O) groups is 1. The van der Waals surface area contributed by atoms with Crippen molar-refractivity contribution in [2.24, 2.45) is 5.11 Å². The van der Waals surface area contributed by atoms with Gasteiger partial charge in [-0.3, -0.25) is 4.79 Å². The molecule has 6 nitrogen and oxygen atoms in total. The van der Waals surface area contributed by atoms with E-state index in [0.717, 1.165) is 19.3 Å². The lowest BCUT2D eigenvalue weighted by atomic mass is 10.1. The molecular formula is C8H13N3O3. The summed E-state index contributed by atoms with van der Waals surface area (Å²) in [5.41, 5.74) is 8.22. The van der Waals surface area contributed by atoms with Gasteiger partial charge in [-0.05, 0) is 24.8 Å². The monoisotopic (exact) mass is 199 g/mol. The Kier molecular flexibility index (Phi) is 4.22. The molecule has 78 valence electrons. The SMILES string of the molecule is CC(=O)OCC1CCCC(N=[N+]=[N-])O1. The van der Waals surface area contributed by atoms with Crippen LogP contribution < -0.4 is 0 Å². The van der Waals surface area contributed by atoms with Crippen LogP contribution in [0.15, 0.2) is 5.11 Å². The van der Waals surface area contributed by atoms with E-state index in [1.54, 1.807) is 0 Å². The van der Waals surface area contributed by atoms with E-state index < -0.39 is 6.23 Å². The van der Waals surface area contributed by atoms with Crippen molar-refractivity contribution in [2.75, 3.05) is 6.61 Å². The van der Waals surface area contributed by atoms with Crippen LogP contribution in [0.2, 0.25) is 0 Å². The van der Waals surface area contributed by atoms with Crippen LogP contribution in [0.4, 0.5) is 0 Å². The van der Waals surface area contributed by atoms with Crippen molar-refractivity contribution < 1.29 is 14.3 Å². The zero-order chi connectivity index (χ0) is 10.4. The molecule has 0 aromatic carbocycles. The van der Waals surface area contributed by atoms with Crippen LogP contribution in [-0.4, -0.2) is 24.9 Å². The van der Waals surface area contributed by atoms with Crippen molar-refractivity contribution in [1.82, 2.24) is 0 Å². The minimum absolute atomic E-state index is 0.136. The first-order chi connectivity index (χ1) is 6.72. The molecular weight excluding hydrogens is 186 g/mol. The molecule has 0 amide bonds. The summed E-state index contributed by atoms with van der Waals surface area (Å²) in [6.07, 6.45) is 1.96. The minimum atomic E-state index is -0.408. The number of hydrogen-bond acceptors (Lipinski definition) is 4. The zero-order valence-electron chi connectivity index (χ0n) is 8.05. The predicted molar refractivity (Wildman–Crippen MR) is 48.3 cm³/mol. The average Bonchev–Trinajstić information content (AvgIpc) is 2.16. The quantitative estimate of drug-likeness (QED) is 0.300. The number of hydrogen-bond donors (Lipinski definition) is 0. The summed E-state index contributed by atoms with van der Waals surface area (Å²) < 4.78 is 10.2. The summed E-state index contributed by atoms with van der Waals surface area (Å²) in [5, 5.41) is 3.48. The molecule has 0 radical (unpaired) electrons. The molecule has 0 bridgehead atoms. The number of ether oxygens (including phenoxy) is 2. The number of esters is 1. The van der Waals surface area contributed by atoms with Crippen LogP contribution in [0, 0.1) is 0 Å². The zero-order valence-corrected chi connectivity index (χ0v) is 8.05. The van der Waals surface area contributed by atoms with Gasteiger partial charge in [0, 0.05) is 11.8 Å². The van der Waals surface area contributed by atoms with Crippen molar-refractivity contribution in [1.29, 1.82) is 0 Å². The standard InChI is InChI=1S/C8H13N3O3/c1-6(12)13-5-7-3-2-4-8(14-7)10-11-9/h7-8H,2-5H2,1H3. The maximum atomic E-state index is 10.5. The largest absolute Gasteiger partial charge is 0.463 e. The molecule has 6 heteroatoms. The smallest absolute Gasteiger partial charge is 0.302 e. The lowest BCUT2D eigenvalue weighted by Crippen LogP contribution is -2.30. The Bertz CT molecular complexity index is 250. The number of carbonyl (C=O) groups excluding carboxylic acids is 1. The lowest BCUT2D eigenvalue weighted by Gasteiger charge is -2.26. The molecule has 14 heavy (non-hydrogen) atoms. The second-order valence-electron chi connectivity index (χ2n) is 3.15. The summed E-state index contributed by atoms with van der Waals surface area (Å²) in [7, 11) is 0. The van der Waals surface area contributed by atoms with Gasteiger partial charge in [-0.25, -0.2) is 0 Å². The molecule has 0 aromatic heterocycles. The minimum Gasteiger partial charge on any atom is -0.463 e. The van der Waals surface area contributed by atoms with Gasteiger partial charge in [0.05, 0.1) is 6.10 Å². The van der Waals surface area contributed by atoms with Crippen molar-refractivity contribution >= 4 is 5.97 Å². The van der Waals surface area contributed by atoms with Gasteiger partial charge in [0.15, 0.2) is 0 Å². The fourth-order valence-electron chi connectivity index (χ4n) is 1.35. The third kappa shape index (κ3) is 3.64. The first kappa shape index (κ1) is 10.8. The lowest BCUT2D eigenvalue weighted by molar-refractivity contribution is -0.149. The molecule has 2 unspecified atom stereocenters. The third-order valence-electron chi connectivity index (χ3n) is 1.98. The maximum Gasteiger partial charge on any atom is 0.302 e. The Morgan fingerprint density at radius 1 is 1.71 bits per heavy atom. The summed E-state index contributed by atoms with van der Waals surface area (Å²) in [6.45, 7) is 1.60. The summed E-state index contributed by atoms with van der Waals surface area (Å²) in [4.78, 5) is 13.2. The van der Waals surface area contributed by atoms with E-state index in [-0.39, 0.29) is 18.7 Å². The van der Waals surface area contributed by atoms with E-state index in [0.29, 0.717) is 0 Å². The van der Waals surface area contributed by atoms with Crippen LogP contribution >= 0.6 is 0 Å². The molecule has 0 aromatic rings. The highest BCUT2D eigenvalue weighted by Crippen LogP contribution is 2.20. The van der Waals surface area contributed by atoms with E-state index >= 15 is 0 Å². The summed E-state index contributed by atoms with van der Waals surface area (Å²) in [5.74, 6) is -0.320. The molecule has 2 atom stereocenters. The van der Waals surface area contributed by atoms with Crippen LogP contribution in [-0.2, 0) is 14.3 Å². The molecule has 0 aliphatic carbocycles. The van der Waals surface area contributed by atoms with Crippen LogP contribution in [0.3, 0.4) is 0 Å². The Labute approximate surface area is 81.8 Å². The van der Waals surface area contributed by atoms with Crippen LogP contribution in [0.25, 0.3) is 10.4 Å². The van der Waals surface area contributed by atoms with Gasteiger partial charge in [-0.2, -0.15) is 0 Å². The highest BCUT2D eigenvalue weighted by molar-refractivity contribution is 5.65. The predicted octanol–water partition coefficient (Wildman–Crippen LogP) is 1.75. The molecule has 1 aliphatic rings. The van der Waals surface area contributed by atoms with Crippen molar-refractivity contribution in [3.8, 4) is 0 Å². The maximum absolute atomic E-state index is 10.5. The fraction of sp³-hybridized carbons (Fsp3) is 0.875. The van der Waals surface area contributed by atoms with Gasteiger partial charge in [-0.15, -0.1) is 0 Å². The normalized spacial score (nSPS) is 26.4. The molecule has 0 N–H and O–H groups in total. The van der Waals surface area contributed by atoms with Gasteiger partial charge in [0.2, 0.25) is 0 Å². The first-order valence-corrected chi connectivity index (χ1v) is 4.55. The summed E-state index contributed by atoms with van der Waals surface area (Å²) in [6, 6.07) is 0. The van der Waals surface area contributed by atoms with E-state index in [4.69, 9.17) is 15.0 Å². The van der Waals surface area contributed by atoms with Gasteiger partial charge < -0.3 is 9.47 Å². The second-order valence-corrected chi connectivity index (χ2v) is 3.15. The van der Waals surface area contributed by atoms with Crippen molar-refractivity contribution in [2.45, 2.75) is 38.5 Å². The van der Waals surface area contributed by atoms with E-state index in [9.17, 15) is 4.79 Å². The van der Waals surface area contributed by atoms with Crippen LogP contribution in [0.1, 0.15) is 26.2 Å². The Morgan fingerprint density at radius 3 is 3.14 bits per heavy atom. The molecule has 0 spiro atoms. The molecule has 1 saturated heterocycles. The fourth-order valence-corrected chi connectivity index (χ4v) is 1.35. The highest BCUT2D eigenvalue weighted by atomic mass is 16.6.